The summed E-state index contributed by atoms with van der Waals surface area (Å²) in [5.74, 6) is -2.05. The summed E-state index contributed by atoms with van der Waals surface area (Å²) < 4.78 is 6.77. The second kappa shape index (κ2) is 11.3. The van der Waals surface area contributed by atoms with Gasteiger partial charge in [-0.2, -0.15) is 0 Å². The SMILES string of the molecule is C=CCN(CCC)C(=O)[C@H]1[C@H]2C(=O)N(CCCO)C(C(=O)N(CC=C)c3cc(C)ccc3C)C23CC[C@]1(C)O3. The summed E-state index contributed by atoms with van der Waals surface area (Å²) >= 11 is 0. The molecule has 0 aliphatic carbocycles. The number of nitrogens with zero attached hydrogens (tertiary/aromatic N) is 3. The number of fused-ring (bicyclic) bond motifs is 1. The standard InChI is InChI=1S/C31H43N3O5/c1-7-15-32(16-8-2)27(36)24-25-28(37)34(18-10-19-35)26(31(25)14-13-30(24,6)39-31)29(38)33(17-9-3)23-20-21(4)11-12-22(23)5/h7,9,11-12,20,24-26,35H,1,3,8,10,13-19H2,2,4-6H3/t24-,25+,26?,30+,31?/m1/s1. The van der Waals surface area contributed by atoms with Gasteiger partial charge in [0.2, 0.25) is 11.8 Å². The molecule has 1 spiro atoms. The van der Waals surface area contributed by atoms with E-state index in [0.717, 1.165) is 23.2 Å². The van der Waals surface area contributed by atoms with Gasteiger partial charge in [0.25, 0.3) is 5.91 Å². The van der Waals surface area contributed by atoms with Gasteiger partial charge >= 0.3 is 0 Å². The first-order valence-corrected chi connectivity index (χ1v) is 14.1. The molecule has 3 aliphatic rings. The van der Waals surface area contributed by atoms with E-state index in [4.69, 9.17) is 4.74 Å². The molecule has 5 atom stereocenters. The van der Waals surface area contributed by atoms with Crippen LogP contribution in [-0.4, -0.2) is 82.7 Å². The minimum atomic E-state index is -1.11. The van der Waals surface area contributed by atoms with Gasteiger partial charge in [-0.3, -0.25) is 14.4 Å². The molecule has 8 heteroatoms. The largest absolute Gasteiger partial charge is 0.396 e. The predicted octanol–water partition coefficient (Wildman–Crippen LogP) is 3.39. The van der Waals surface area contributed by atoms with E-state index in [1.165, 1.54) is 0 Å². The number of aliphatic hydroxyl groups excluding tert-OH is 1. The predicted molar refractivity (Wildman–Crippen MR) is 151 cm³/mol. The summed E-state index contributed by atoms with van der Waals surface area (Å²) in [6.45, 7) is 16.9. The van der Waals surface area contributed by atoms with E-state index in [2.05, 4.69) is 13.2 Å². The number of rotatable bonds is 12. The zero-order chi connectivity index (χ0) is 28.5. The highest BCUT2D eigenvalue weighted by atomic mass is 16.5. The van der Waals surface area contributed by atoms with Gasteiger partial charge in [0.1, 0.15) is 11.6 Å². The molecule has 212 valence electrons. The quantitative estimate of drug-likeness (QED) is 0.413. The monoisotopic (exact) mass is 537 g/mol. The Morgan fingerprint density at radius 3 is 2.54 bits per heavy atom. The van der Waals surface area contributed by atoms with Crippen LogP contribution in [0.3, 0.4) is 0 Å². The molecule has 1 aromatic carbocycles. The zero-order valence-corrected chi connectivity index (χ0v) is 23.8. The first kappa shape index (κ1) is 29.0. The first-order chi connectivity index (χ1) is 18.6. The summed E-state index contributed by atoms with van der Waals surface area (Å²) in [4.78, 5) is 47.8. The number of carbonyl (C=O) groups excluding carboxylic acids is 3. The molecule has 3 fully saturated rings. The molecular weight excluding hydrogens is 494 g/mol. The smallest absolute Gasteiger partial charge is 0.253 e. The number of ether oxygens (including phenoxy) is 1. The van der Waals surface area contributed by atoms with Gasteiger partial charge < -0.3 is 24.5 Å². The number of carbonyl (C=O) groups is 3. The normalized spacial score (nSPS) is 28.9. The molecule has 0 radical (unpaired) electrons. The van der Waals surface area contributed by atoms with Gasteiger partial charge in [-0.05, 0) is 63.6 Å². The summed E-state index contributed by atoms with van der Waals surface area (Å²) in [6, 6.07) is 5.05. The molecule has 0 saturated carbocycles. The summed E-state index contributed by atoms with van der Waals surface area (Å²) in [6.07, 6.45) is 5.60. The molecule has 2 bridgehead atoms. The number of likely N-dealkylation sites (tertiary alicyclic amines) is 1. The van der Waals surface area contributed by atoms with Gasteiger partial charge in [0, 0.05) is 38.5 Å². The molecule has 1 aromatic rings. The molecule has 3 heterocycles. The summed E-state index contributed by atoms with van der Waals surface area (Å²) in [5, 5.41) is 9.63. The highest BCUT2D eigenvalue weighted by Gasteiger charge is 2.78. The number of amides is 3. The fourth-order valence-electron chi connectivity index (χ4n) is 7.07. The third-order valence-electron chi connectivity index (χ3n) is 8.72. The Labute approximate surface area is 232 Å². The van der Waals surface area contributed by atoms with Gasteiger partial charge in [-0.15, -0.1) is 13.2 Å². The second-order valence-corrected chi connectivity index (χ2v) is 11.4. The Kier molecular flexibility index (Phi) is 8.38. The molecule has 0 aromatic heterocycles. The molecule has 2 unspecified atom stereocenters. The molecule has 1 N–H and O–H groups in total. The fraction of sp³-hybridized carbons (Fsp3) is 0.581. The van der Waals surface area contributed by atoms with E-state index < -0.39 is 29.1 Å². The Bertz CT molecular complexity index is 1150. The Hall–Kier alpha value is -2.97. The van der Waals surface area contributed by atoms with E-state index in [1.807, 2.05) is 45.9 Å². The summed E-state index contributed by atoms with van der Waals surface area (Å²) in [7, 11) is 0. The van der Waals surface area contributed by atoms with Crippen LogP contribution < -0.4 is 4.90 Å². The van der Waals surface area contributed by atoms with Crippen LogP contribution in [0.15, 0.2) is 43.5 Å². The number of aryl methyl sites for hydroxylation is 2. The lowest BCUT2D eigenvalue weighted by atomic mass is 9.66. The number of benzene rings is 1. The molecule has 3 saturated heterocycles. The lowest BCUT2D eigenvalue weighted by molar-refractivity contribution is -0.149. The lowest BCUT2D eigenvalue weighted by Gasteiger charge is -2.37. The lowest BCUT2D eigenvalue weighted by Crippen LogP contribution is -2.57. The maximum Gasteiger partial charge on any atom is 0.253 e. The van der Waals surface area contributed by atoms with Crippen molar-refractivity contribution in [3.05, 3.63) is 54.6 Å². The number of aliphatic hydroxyl groups is 1. The minimum Gasteiger partial charge on any atom is -0.396 e. The zero-order valence-electron chi connectivity index (χ0n) is 23.8. The van der Waals surface area contributed by atoms with Gasteiger partial charge in [0.05, 0.1) is 17.4 Å². The van der Waals surface area contributed by atoms with E-state index in [0.29, 0.717) is 32.4 Å². The molecule has 8 nitrogen and oxygen atoms in total. The van der Waals surface area contributed by atoms with Crippen molar-refractivity contribution in [1.29, 1.82) is 0 Å². The second-order valence-electron chi connectivity index (χ2n) is 11.4. The molecular formula is C31H43N3O5. The molecule has 39 heavy (non-hydrogen) atoms. The van der Waals surface area contributed by atoms with Crippen molar-refractivity contribution in [3.63, 3.8) is 0 Å². The van der Waals surface area contributed by atoms with E-state index >= 15 is 0 Å². The van der Waals surface area contributed by atoms with Crippen molar-refractivity contribution >= 4 is 23.4 Å². The van der Waals surface area contributed by atoms with Gasteiger partial charge in [0.15, 0.2) is 0 Å². The Morgan fingerprint density at radius 1 is 1.18 bits per heavy atom. The Morgan fingerprint density at radius 2 is 1.90 bits per heavy atom. The van der Waals surface area contributed by atoms with Crippen LogP contribution in [0.1, 0.15) is 50.7 Å². The Balaban J connectivity index is 1.81. The average Bonchev–Trinajstić information content (AvgIpc) is 3.47. The fourth-order valence-corrected chi connectivity index (χ4v) is 7.07. The molecule has 3 amide bonds. The molecule has 3 aliphatic heterocycles. The van der Waals surface area contributed by atoms with E-state index in [-0.39, 0.29) is 37.4 Å². The third kappa shape index (κ3) is 4.72. The van der Waals surface area contributed by atoms with Crippen molar-refractivity contribution in [2.24, 2.45) is 11.8 Å². The van der Waals surface area contributed by atoms with Crippen LogP contribution in [0, 0.1) is 25.7 Å². The van der Waals surface area contributed by atoms with E-state index in [1.54, 1.807) is 26.9 Å². The maximum absolute atomic E-state index is 14.6. The third-order valence-corrected chi connectivity index (χ3v) is 8.72. The molecule has 4 rings (SSSR count). The number of hydrogen-bond donors (Lipinski definition) is 1. The van der Waals surface area contributed by atoms with E-state index in [9.17, 15) is 19.5 Å². The highest BCUT2D eigenvalue weighted by Crippen LogP contribution is 2.63. The van der Waals surface area contributed by atoms with Crippen LogP contribution in [-0.2, 0) is 19.1 Å². The highest BCUT2D eigenvalue weighted by molar-refractivity contribution is 6.05. The van der Waals surface area contributed by atoms with Crippen molar-refractivity contribution in [2.75, 3.05) is 37.7 Å². The minimum absolute atomic E-state index is 0.111. The topological polar surface area (TPSA) is 90.4 Å². The van der Waals surface area contributed by atoms with Crippen LogP contribution in [0.2, 0.25) is 0 Å². The summed E-state index contributed by atoms with van der Waals surface area (Å²) in [5.41, 5.74) is 0.770. The number of anilines is 1. The van der Waals surface area contributed by atoms with Crippen LogP contribution >= 0.6 is 0 Å². The van der Waals surface area contributed by atoms with Crippen molar-refractivity contribution in [2.45, 2.75) is 70.6 Å². The van der Waals surface area contributed by atoms with Crippen LogP contribution in [0.5, 0.6) is 0 Å². The van der Waals surface area contributed by atoms with Crippen LogP contribution in [0.25, 0.3) is 0 Å². The maximum atomic E-state index is 14.6. The van der Waals surface area contributed by atoms with Crippen molar-refractivity contribution in [3.8, 4) is 0 Å². The average molecular weight is 538 g/mol. The van der Waals surface area contributed by atoms with Gasteiger partial charge in [-0.1, -0.05) is 31.2 Å². The first-order valence-electron chi connectivity index (χ1n) is 14.1. The number of hydrogen-bond acceptors (Lipinski definition) is 5. The van der Waals surface area contributed by atoms with Gasteiger partial charge in [-0.25, -0.2) is 0 Å². The van der Waals surface area contributed by atoms with Crippen molar-refractivity contribution < 1.29 is 24.2 Å². The van der Waals surface area contributed by atoms with Crippen LogP contribution in [0.4, 0.5) is 5.69 Å². The van der Waals surface area contributed by atoms with Crippen molar-refractivity contribution in [1.82, 2.24) is 9.80 Å².